The molecule has 1 atom stereocenters. The minimum atomic E-state index is -0.471. The van der Waals surface area contributed by atoms with Crippen molar-refractivity contribution in [3.63, 3.8) is 0 Å². The smallest absolute Gasteiger partial charge is 0.161 e. The van der Waals surface area contributed by atoms with E-state index < -0.39 is 5.60 Å². The molecule has 4 heteroatoms. The molecule has 0 radical (unpaired) electrons. The largest absolute Gasteiger partial charge is 0.493 e. The van der Waals surface area contributed by atoms with Crippen molar-refractivity contribution in [3.05, 3.63) is 23.8 Å². The lowest BCUT2D eigenvalue weighted by Crippen LogP contribution is -2.21. The summed E-state index contributed by atoms with van der Waals surface area (Å²) in [5, 5.41) is 10.00. The quantitative estimate of drug-likeness (QED) is 0.892. The zero-order valence-electron chi connectivity index (χ0n) is 12.3. The van der Waals surface area contributed by atoms with Crippen molar-refractivity contribution in [2.45, 2.75) is 37.4 Å². The van der Waals surface area contributed by atoms with E-state index in [1.807, 2.05) is 18.2 Å². The SMILES string of the molecule is COc1cc(CC2(O)CC2)ccc1OC1CCN(C)C1. The van der Waals surface area contributed by atoms with E-state index in [1.165, 1.54) is 0 Å². The first-order valence-corrected chi connectivity index (χ1v) is 7.32. The molecule has 0 spiro atoms. The fraction of sp³-hybridized carbons (Fsp3) is 0.625. The summed E-state index contributed by atoms with van der Waals surface area (Å²) in [6.45, 7) is 2.04. The third kappa shape index (κ3) is 3.07. The molecule has 20 heavy (non-hydrogen) atoms. The van der Waals surface area contributed by atoms with Gasteiger partial charge >= 0.3 is 0 Å². The van der Waals surface area contributed by atoms with Crippen molar-refractivity contribution >= 4 is 0 Å². The van der Waals surface area contributed by atoms with Gasteiger partial charge in [-0.1, -0.05) is 6.07 Å². The maximum atomic E-state index is 10.00. The first-order chi connectivity index (χ1) is 9.58. The summed E-state index contributed by atoms with van der Waals surface area (Å²) < 4.78 is 11.5. The van der Waals surface area contributed by atoms with Crippen LogP contribution in [0.25, 0.3) is 0 Å². The van der Waals surface area contributed by atoms with Crippen molar-refractivity contribution < 1.29 is 14.6 Å². The summed E-state index contributed by atoms with van der Waals surface area (Å²) in [5.41, 5.74) is 0.638. The van der Waals surface area contributed by atoms with E-state index >= 15 is 0 Å². The predicted octanol–water partition coefficient (Wildman–Crippen LogP) is 1.85. The zero-order valence-corrected chi connectivity index (χ0v) is 12.3. The second-order valence-corrected chi connectivity index (χ2v) is 6.18. The van der Waals surface area contributed by atoms with Crippen LogP contribution >= 0.6 is 0 Å². The molecule has 2 aliphatic rings. The second-order valence-electron chi connectivity index (χ2n) is 6.18. The summed E-state index contributed by atoms with van der Waals surface area (Å²) in [4.78, 5) is 2.27. The maximum Gasteiger partial charge on any atom is 0.161 e. The van der Waals surface area contributed by atoms with Gasteiger partial charge in [0.2, 0.25) is 0 Å². The first kappa shape index (κ1) is 13.7. The number of hydrogen-bond acceptors (Lipinski definition) is 4. The number of benzene rings is 1. The highest BCUT2D eigenvalue weighted by Crippen LogP contribution is 2.40. The number of aliphatic hydroxyl groups is 1. The van der Waals surface area contributed by atoms with E-state index in [0.29, 0.717) is 6.42 Å². The highest BCUT2D eigenvalue weighted by atomic mass is 16.5. The molecule has 1 N–H and O–H groups in total. The van der Waals surface area contributed by atoms with Gasteiger partial charge in [-0.25, -0.2) is 0 Å². The third-order valence-electron chi connectivity index (χ3n) is 4.23. The van der Waals surface area contributed by atoms with Gasteiger partial charge in [-0.15, -0.1) is 0 Å². The Bertz CT molecular complexity index is 485. The molecule has 0 bridgehead atoms. The predicted molar refractivity (Wildman–Crippen MR) is 77.4 cm³/mol. The zero-order chi connectivity index (χ0) is 14.2. The van der Waals surface area contributed by atoms with E-state index in [-0.39, 0.29) is 6.10 Å². The molecule has 4 nitrogen and oxygen atoms in total. The third-order valence-corrected chi connectivity index (χ3v) is 4.23. The molecule has 1 heterocycles. The lowest BCUT2D eigenvalue weighted by atomic mass is 10.1. The van der Waals surface area contributed by atoms with Gasteiger partial charge in [0.25, 0.3) is 0 Å². The Hall–Kier alpha value is -1.26. The molecule has 110 valence electrons. The Labute approximate surface area is 120 Å². The van der Waals surface area contributed by atoms with Crippen LogP contribution in [0.5, 0.6) is 11.5 Å². The lowest BCUT2D eigenvalue weighted by Gasteiger charge is -2.17. The summed E-state index contributed by atoms with van der Waals surface area (Å²) >= 11 is 0. The Morgan fingerprint density at radius 2 is 2.15 bits per heavy atom. The van der Waals surface area contributed by atoms with Gasteiger partial charge in [0.05, 0.1) is 12.7 Å². The summed E-state index contributed by atoms with van der Waals surface area (Å²) in [7, 11) is 3.78. The fourth-order valence-electron chi connectivity index (χ4n) is 2.79. The van der Waals surface area contributed by atoms with Crippen LogP contribution in [0.15, 0.2) is 18.2 Å². The normalized spacial score (nSPS) is 24.6. The summed E-state index contributed by atoms with van der Waals surface area (Å²) in [6, 6.07) is 6.00. The molecule has 3 rings (SSSR count). The Kier molecular flexibility index (Phi) is 3.61. The van der Waals surface area contributed by atoms with Crippen molar-refractivity contribution in [2.75, 3.05) is 27.2 Å². The number of likely N-dealkylation sites (N-methyl/N-ethyl adjacent to an activating group) is 1. The average Bonchev–Trinajstić information content (AvgIpc) is 3.00. The van der Waals surface area contributed by atoms with E-state index in [0.717, 1.165) is 49.4 Å². The van der Waals surface area contributed by atoms with E-state index in [9.17, 15) is 5.11 Å². The van der Waals surface area contributed by atoms with Crippen molar-refractivity contribution in [1.82, 2.24) is 4.90 Å². The molecule has 1 aromatic rings. The minimum Gasteiger partial charge on any atom is -0.493 e. The molecular weight excluding hydrogens is 254 g/mol. The highest BCUT2D eigenvalue weighted by Gasteiger charge is 2.40. The van der Waals surface area contributed by atoms with E-state index in [2.05, 4.69) is 11.9 Å². The Morgan fingerprint density at radius 1 is 1.35 bits per heavy atom. The first-order valence-electron chi connectivity index (χ1n) is 7.32. The van der Waals surface area contributed by atoms with Crippen LogP contribution in [0.1, 0.15) is 24.8 Å². The van der Waals surface area contributed by atoms with Gasteiger partial charge in [-0.2, -0.15) is 0 Å². The van der Waals surface area contributed by atoms with Crippen LogP contribution in [0, 0.1) is 0 Å². The summed E-state index contributed by atoms with van der Waals surface area (Å²) in [6.07, 6.45) is 3.81. The number of rotatable bonds is 5. The van der Waals surface area contributed by atoms with E-state index in [1.54, 1.807) is 7.11 Å². The van der Waals surface area contributed by atoms with Crippen LogP contribution in [0.4, 0.5) is 0 Å². The van der Waals surface area contributed by atoms with Crippen LogP contribution in [-0.2, 0) is 6.42 Å². The molecule has 0 amide bonds. The fourth-order valence-corrected chi connectivity index (χ4v) is 2.79. The summed E-state index contributed by atoms with van der Waals surface area (Å²) in [5.74, 6) is 1.57. The second kappa shape index (κ2) is 5.26. The number of nitrogens with zero attached hydrogens (tertiary/aromatic N) is 1. The van der Waals surface area contributed by atoms with Gasteiger partial charge < -0.3 is 19.5 Å². The number of hydrogen-bond donors (Lipinski definition) is 1. The van der Waals surface area contributed by atoms with Crippen molar-refractivity contribution in [1.29, 1.82) is 0 Å². The van der Waals surface area contributed by atoms with Gasteiger partial charge in [0, 0.05) is 19.5 Å². The molecule has 1 aliphatic carbocycles. The van der Waals surface area contributed by atoms with E-state index in [4.69, 9.17) is 9.47 Å². The maximum absolute atomic E-state index is 10.00. The van der Waals surface area contributed by atoms with Gasteiger partial charge in [-0.05, 0) is 44.0 Å². The minimum absolute atomic E-state index is 0.243. The number of methoxy groups -OCH3 is 1. The molecule has 1 saturated heterocycles. The molecule has 0 aromatic heterocycles. The number of ether oxygens (including phenoxy) is 2. The standard InChI is InChI=1S/C16H23NO3/c1-17-8-5-13(11-17)20-14-4-3-12(9-15(14)19-2)10-16(18)6-7-16/h3-4,9,13,18H,5-8,10-11H2,1-2H3. The molecule has 1 aliphatic heterocycles. The lowest BCUT2D eigenvalue weighted by molar-refractivity contribution is 0.150. The van der Waals surface area contributed by atoms with Crippen LogP contribution in [0.2, 0.25) is 0 Å². The van der Waals surface area contributed by atoms with Crippen LogP contribution in [-0.4, -0.2) is 49.0 Å². The average molecular weight is 277 g/mol. The van der Waals surface area contributed by atoms with Crippen LogP contribution < -0.4 is 9.47 Å². The molecule has 1 saturated carbocycles. The molecule has 1 unspecified atom stereocenters. The van der Waals surface area contributed by atoms with Gasteiger partial charge in [0.15, 0.2) is 11.5 Å². The number of likely N-dealkylation sites (tertiary alicyclic amines) is 1. The van der Waals surface area contributed by atoms with Crippen LogP contribution in [0.3, 0.4) is 0 Å². The molecular formula is C16H23NO3. The van der Waals surface area contributed by atoms with Crippen molar-refractivity contribution in [2.24, 2.45) is 0 Å². The molecule has 1 aromatic carbocycles. The highest BCUT2D eigenvalue weighted by molar-refractivity contribution is 5.43. The van der Waals surface area contributed by atoms with Crippen molar-refractivity contribution in [3.8, 4) is 11.5 Å². The van der Waals surface area contributed by atoms with Gasteiger partial charge in [-0.3, -0.25) is 0 Å². The topological polar surface area (TPSA) is 41.9 Å². The van der Waals surface area contributed by atoms with Gasteiger partial charge in [0.1, 0.15) is 6.10 Å². The Balaban J connectivity index is 1.70. The monoisotopic (exact) mass is 277 g/mol. The Morgan fingerprint density at radius 3 is 2.75 bits per heavy atom. The molecule has 2 fully saturated rings.